The maximum absolute atomic E-state index is 5.45. The molecule has 0 saturated heterocycles. The Hall–Kier alpha value is -5.95. The van der Waals surface area contributed by atoms with E-state index in [4.69, 9.17) is 15.0 Å². The van der Waals surface area contributed by atoms with Crippen molar-refractivity contribution in [1.29, 1.82) is 0 Å². The zero-order valence-corrected chi connectivity index (χ0v) is 27.6. The van der Waals surface area contributed by atoms with E-state index in [9.17, 15) is 0 Å². The Labute approximate surface area is 288 Å². The molecule has 11 aromatic rings. The number of rotatable bonds is 3. The second kappa shape index (κ2) is 10.3. The number of thiophene rings is 2. The highest BCUT2D eigenvalue weighted by atomic mass is 32.1. The summed E-state index contributed by atoms with van der Waals surface area (Å²) in [7, 11) is 0. The highest BCUT2D eigenvalue weighted by Gasteiger charge is 2.26. The molecule has 0 saturated carbocycles. The summed E-state index contributed by atoms with van der Waals surface area (Å²) in [6.45, 7) is 0. The monoisotopic (exact) mass is 660 g/mol. The van der Waals surface area contributed by atoms with Crippen molar-refractivity contribution in [1.82, 2.24) is 19.5 Å². The molecule has 0 aliphatic heterocycles. The molecule has 11 rings (SSSR count). The second-order valence-electron chi connectivity index (χ2n) is 12.4. The van der Waals surface area contributed by atoms with Gasteiger partial charge in [0, 0.05) is 58.9 Å². The molecular formula is C43H24N4S2. The molecule has 0 spiro atoms. The number of para-hydroxylation sites is 2. The van der Waals surface area contributed by atoms with Crippen LogP contribution >= 0.6 is 22.7 Å². The molecule has 0 bridgehead atoms. The largest absolute Gasteiger partial charge is 0.276 e. The van der Waals surface area contributed by atoms with E-state index in [1.165, 1.54) is 57.5 Å². The fraction of sp³-hybridized carbons (Fsp3) is 0. The molecule has 0 amide bonds. The molecule has 0 aliphatic rings. The number of nitrogens with zero attached hydrogens (tertiary/aromatic N) is 4. The highest BCUT2D eigenvalue weighted by molar-refractivity contribution is 7.30. The van der Waals surface area contributed by atoms with Gasteiger partial charge >= 0.3 is 0 Å². The van der Waals surface area contributed by atoms with Gasteiger partial charge in [-0.05, 0) is 41.5 Å². The predicted octanol–water partition coefficient (Wildman–Crippen LogP) is 12.2. The van der Waals surface area contributed by atoms with Crippen LogP contribution in [0.25, 0.3) is 102 Å². The zero-order valence-electron chi connectivity index (χ0n) is 26.0. The molecule has 0 fully saturated rings. The van der Waals surface area contributed by atoms with Crippen molar-refractivity contribution in [3.05, 3.63) is 146 Å². The number of fused-ring (bicyclic) bond motifs is 13. The SMILES string of the molecule is c1ccc(-c2ccc(-c3nc(-n4c5ccccc5c5c6c7ccccc7sc6c6c7cccnc7sc6c54)nc4ccccc34)cc2)cc1. The first-order chi connectivity index (χ1) is 24.3. The minimum absolute atomic E-state index is 0.664. The quantitative estimate of drug-likeness (QED) is 0.189. The number of benzene rings is 6. The zero-order chi connectivity index (χ0) is 32.1. The van der Waals surface area contributed by atoms with Gasteiger partial charge in [-0.25, -0.2) is 15.0 Å². The minimum Gasteiger partial charge on any atom is -0.276 e. The highest BCUT2D eigenvalue weighted by Crippen LogP contribution is 2.51. The van der Waals surface area contributed by atoms with Crippen molar-refractivity contribution in [2.75, 3.05) is 0 Å². The third-order valence-corrected chi connectivity index (χ3v) is 12.0. The van der Waals surface area contributed by atoms with Crippen LogP contribution < -0.4 is 0 Å². The van der Waals surface area contributed by atoms with Crippen molar-refractivity contribution in [3.63, 3.8) is 0 Å². The van der Waals surface area contributed by atoms with Crippen LogP contribution in [0.15, 0.2) is 146 Å². The van der Waals surface area contributed by atoms with Gasteiger partial charge in [0.05, 0.1) is 26.9 Å². The van der Waals surface area contributed by atoms with E-state index in [0.717, 1.165) is 38.0 Å². The molecule has 49 heavy (non-hydrogen) atoms. The van der Waals surface area contributed by atoms with Crippen molar-refractivity contribution in [3.8, 4) is 28.3 Å². The van der Waals surface area contributed by atoms with Gasteiger partial charge in [-0.2, -0.15) is 0 Å². The first kappa shape index (κ1) is 27.0. The van der Waals surface area contributed by atoms with Gasteiger partial charge in [-0.3, -0.25) is 4.57 Å². The first-order valence-corrected chi connectivity index (χ1v) is 17.9. The van der Waals surface area contributed by atoms with Gasteiger partial charge in [-0.1, -0.05) is 109 Å². The van der Waals surface area contributed by atoms with Gasteiger partial charge < -0.3 is 0 Å². The number of hydrogen-bond acceptors (Lipinski definition) is 5. The molecule has 6 heteroatoms. The van der Waals surface area contributed by atoms with E-state index in [2.05, 4.69) is 144 Å². The number of hydrogen-bond donors (Lipinski definition) is 0. The summed E-state index contributed by atoms with van der Waals surface area (Å²) < 4.78 is 6.12. The number of pyridine rings is 1. The third-order valence-electron chi connectivity index (χ3n) is 9.69. The standard InChI is InChI=1S/C43H24N4S2/c1-2-11-25(12-3-1)26-20-22-27(23-21-26)38-28-13-4-7-17-32(28)45-43(46-38)47-33-18-8-5-14-29(33)35-36-30-15-6-9-19-34(30)48-40(36)37-31-16-10-24-44-42(31)49-41(37)39(35)47/h1-24H. The van der Waals surface area contributed by atoms with Gasteiger partial charge in [0.1, 0.15) is 4.83 Å². The van der Waals surface area contributed by atoms with Crippen LogP contribution in [0.4, 0.5) is 0 Å². The van der Waals surface area contributed by atoms with E-state index in [1.54, 1.807) is 11.3 Å². The molecule has 0 radical (unpaired) electrons. The third kappa shape index (κ3) is 3.87. The fourth-order valence-electron chi connectivity index (χ4n) is 7.55. The summed E-state index contributed by atoms with van der Waals surface area (Å²) in [6.07, 6.45) is 1.90. The van der Waals surface area contributed by atoms with E-state index in [1.807, 2.05) is 17.5 Å². The van der Waals surface area contributed by atoms with E-state index < -0.39 is 0 Å². The van der Waals surface area contributed by atoms with E-state index in [-0.39, 0.29) is 0 Å². The average Bonchev–Trinajstić information content (AvgIpc) is 3.85. The fourth-order valence-corrected chi connectivity index (χ4v) is 10.1. The van der Waals surface area contributed by atoms with Crippen LogP contribution in [0.2, 0.25) is 0 Å². The van der Waals surface area contributed by atoms with Gasteiger partial charge in [-0.15, -0.1) is 22.7 Å². The maximum atomic E-state index is 5.45. The van der Waals surface area contributed by atoms with Crippen molar-refractivity contribution in [2.45, 2.75) is 0 Å². The van der Waals surface area contributed by atoms with E-state index in [0.29, 0.717) is 5.95 Å². The lowest BCUT2D eigenvalue weighted by Gasteiger charge is -2.12. The molecule has 5 heterocycles. The van der Waals surface area contributed by atoms with Gasteiger partial charge in [0.25, 0.3) is 0 Å². The summed E-state index contributed by atoms with van der Waals surface area (Å²) in [4.78, 5) is 16.6. The lowest BCUT2D eigenvalue weighted by atomic mass is 10.0. The molecule has 6 aromatic carbocycles. The first-order valence-electron chi connectivity index (χ1n) is 16.3. The van der Waals surface area contributed by atoms with Crippen LogP contribution in [0.1, 0.15) is 0 Å². The summed E-state index contributed by atoms with van der Waals surface area (Å²) in [5, 5.41) is 8.49. The normalized spacial score (nSPS) is 12.1. The summed E-state index contributed by atoms with van der Waals surface area (Å²) in [6, 6.07) is 49.4. The molecule has 0 N–H and O–H groups in total. The molecule has 0 unspecified atom stereocenters. The predicted molar refractivity (Wildman–Crippen MR) is 208 cm³/mol. The number of aromatic nitrogens is 4. The van der Waals surface area contributed by atoms with Gasteiger partial charge in [0.15, 0.2) is 0 Å². The lowest BCUT2D eigenvalue weighted by Crippen LogP contribution is -2.03. The Kier molecular flexibility index (Phi) is 5.67. The Balaban J connectivity index is 1.29. The second-order valence-corrected chi connectivity index (χ2v) is 14.4. The van der Waals surface area contributed by atoms with Crippen LogP contribution in [0.5, 0.6) is 0 Å². The van der Waals surface area contributed by atoms with Crippen LogP contribution in [-0.4, -0.2) is 19.5 Å². The topological polar surface area (TPSA) is 43.6 Å². The smallest absolute Gasteiger partial charge is 0.235 e. The van der Waals surface area contributed by atoms with Gasteiger partial charge in [0.2, 0.25) is 5.95 Å². The van der Waals surface area contributed by atoms with Crippen LogP contribution in [0, 0.1) is 0 Å². The van der Waals surface area contributed by atoms with E-state index >= 15 is 0 Å². The summed E-state index contributed by atoms with van der Waals surface area (Å²) in [5.41, 5.74) is 7.49. The summed E-state index contributed by atoms with van der Waals surface area (Å²) in [5.74, 6) is 0.664. The van der Waals surface area contributed by atoms with Crippen molar-refractivity contribution >= 4 is 95.9 Å². The molecular weight excluding hydrogens is 637 g/mol. The Morgan fingerprint density at radius 3 is 2.04 bits per heavy atom. The molecule has 4 nitrogen and oxygen atoms in total. The molecule has 0 atom stereocenters. The van der Waals surface area contributed by atoms with Crippen molar-refractivity contribution in [2.24, 2.45) is 0 Å². The van der Waals surface area contributed by atoms with Crippen molar-refractivity contribution < 1.29 is 0 Å². The summed E-state index contributed by atoms with van der Waals surface area (Å²) >= 11 is 3.64. The average molecular weight is 661 g/mol. The minimum atomic E-state index is 0.664. The molecule has 0 aliphatic carbocycles. The van der Waals surface area contributed by atoms with Crippen LogP contribution in [0.3, 0.4) is 0 Å². The molecule has 5 aromatic heterocycles. The van der Waals surface area contributed by atoms with Crippen LogP contribution in [-0.2, 0) is 0 Å². The Morgan fingerprint density at radius 2 is 1.16 bits per heavy atom. The lowest BCUT2D eigenvalue weighted by molar-refractivity contribution is 1.02. The molecule has 228 valence electrons. The maximum Gasteiger partial charge on any atom is 0.235 e. The Bertz CT molecular complexity index is 3100. The Morgan fingerprint density at radius 1 is 0.469 bits per heavy atom.